The SMILES string of the molecule is CCCCCCCCOCCOCCOCCOCCOCCOCCOCCOCCOCCOCCBr. The lowest BCUT2D eigenvalue weighted by atomic mass is 10.1. The quantitative estimate of drug-likeness (QED) is 0.0748. The summed E-state index contributed by atoms with van der Waals surface area (Å²) in [6, 6.07) is 0. The van der Waals surface area contributed by atoms with Gasteiger partial charge in [0.25, 0.3) is 0 Å². The number of hydrogen-bond donors (Lipinski definition) is 0. The molecular weight excluding hydrogens is 576 g/mol. The Bertz CT molecular complexity index is 388. The molecule has 0 aliphatic rings. The van der Waals surface area contributed by atoms with Crippen LogP contribution in [0.15, 0.2) is 0 Å². The van der Waals surface area contributed by atoms with Crippen LogP contribution >= 0.6 is 15.9 Å². The molecule has 0 amide bonds. The third-order valence-corrected chi connectivity index (χ3v) is 5.54. The first-order chi connectivity index (χ1) is 19.4. The van der Waals surface area contributed by atoms with Gasteiger partial charge in [0.15, 0.2) is 0 Å². The van der Waals surface area contributed by atoms with Crippen molar-refractivity contribution in [1.82, 2.24) is 0 Å². The van der Waals surface area contributed by atoms with Crippen molar-refractivity contribution in [2.24, 2.45) is 0 Å². The van der Waals surface area contributed by atoms with E-state index >= 15 is 0 Å². The maximum absolute atomic E-state index is 5.58. The third kappa shape index (κ3) is 38.1. The summed E-state index contributed by atoms with van der Waals surface area (Å²) < 4.78 is 54.5. The molecule has 11 heteroatoms. The van der Waals surface area contributed by atoms with Gasteiger partial charge in [-0.05, 0) is 6.42 Å². The molecule has 236 valence electrons. The van der Waals surface area contributed by atoms with Crippen LogP contribution in [-0.2, 0) is 47.4 Å². The molecule has 0 aromatic heterocycles. The summed E-state index contributed by atoms with van der Waals surface area (Å²) in [5.74, 6) is 0. The van der Waals surface area contributed by atoms with Gasteiger partial charge >= 0.3 is 0 Å². The fourth-order valence-corrected chi connectivity index (χ4v) is 3.35. The number of unbranched alkanes of at least 4 members (excludes halogenated alkanes) is 5. The van der Waals surface area contributed by atoms with E-state index < -0.39 is 0 Å². The molecule has 0 unspecified atom stereocenters. The standard InChI is InChI=1S/C28H57BrO10/c1-2-3-4-5-6-7-9-30-11-13-32-15-17-34-19-21-36-23-25-38-27-28-39-26-24-37-22-20-35-18-16-33-14-12-31-10-8-29/h2-28H2,1H3. The Morgan fingerprint density at radius 2 is 0.513 bits per heavy atom. The highest BCUT2D eigenvalue weighted by Crippen LogP contribution is 2.04. The molecule has 10 nitrogen and oxygen atoms in total. The number of ether oxygens (including phenoxy) is 10. The molecule has 0 saturated carbocycles. The first-order valence-electron chi connectivity index (χ1n) is 14.7. The molecule has 0 aromatic carbocycles. The summed E-state index contributed by atoms with van der Waals surface area (Å²) >= 11 is 3.30. The second-order valence-electron chi connectivity index (χ2n) is 8.58. The molecule has 0 aliphatic heterocycles. The Morgan fingerprint density at radius 1 is 0.282 bits per heavy atom. The molecule has 39 heavy (non-hydrogen) atoms. The van der Waals surface area contributed by atoms with E-state index in [0.717, 1.165) is 18.4 Å². The maximum Gasteiger partial charge on any atom is 0.0701 e. The van der Waals surface area contributed by atoms with Gasteiger partial charge in [0.05, 0.1) is 126 Å². The van der Waals surface area contributed by atoms with E-state index in [1.807, 2.05) is 0 Å². The lowest BCUT2D eigenvalue weighted by Gasteiger charge is -2.09. The van der Waals surface area contributed by atoms with Gasteiger partial charge in [-0.25, -0.2) is 0 Å². The Labute approximate surface area is 246 Å². The second kappa shape index (κ2) is 38.1. The van der Waals surface area contributed by atoms with E-state index in [9.17, 15) is 0 Å². The predicted molar refractivity (Wildman–Crippen MR) is 155 cm³/mol. The number of halogens is 1. The van der Waals surface area contributed by atoms with Crippen molar-refractivity contribution in [3.8, 4) is 0 Å². The maximum atomic E-state index is 5.58. The summed E-state index contributed by atoms with van der Waals surface area (Å²) in [5.41, 5.74) is 0. The zero-order valence-corrected chi connectivity index (χ0v) is 26.1. The van der Waals surface area contributed by atoms with Gasteiger partial charge in [-0.1, -0.05) is 55.0 Å². The predicted octanol–water partition coefficient (Wildman–Crippen LogP) is 3.91. The van der Waals surface area contributed by atoms with Gasteiger partial charge in [0.1, 0.15) is 0 Å². The summed E-state index contributed by atoms with van der Waals surface area (Å²) in [4.78, 5) is 0. The summed E-state index contributed by atoms with van der Waals surface area (Å²) in [5, 5.41) is 0.843. The van der Waals surface area contributed by atoms with Crippen LogP contribution in [0.2, 0.25) is 0 Å². The Morgan fingerprint density at radius 3 is 0.795 bits per heavy atom. The fourth-order valence-electron chi connectivity index (χ4n) is 3.12. The van der Waals surface area contributed by atoms with Gasteiger partial charge < -0.3 is 47.4 Å². The van der Waals surface area contributed by atoms with Crippen LogP contribution in [-0.4, -0.2) is 137 Å². The highest BCUT2D eigenvalue weighted by Gasteiger charge is 1.96. The molecular formula is C28H57BrO10. The molecule has 0 aromatic rings. The Balaban J connectivity index is 3.01. The van der Waals surface area contributed by atoms with Gasteiger partial charge in [0, 0.05) is 11.9 Å². The van der Waals surface area contributed by atoms with E-state index in [2.05, 4.69) is 22.9 Å². The van der Waals surface area contributed by atoms with Crippen LogP contribution in [0.5, 0.6) is 0 Å². The molecule has 0 atom stereocenters. The Hall–Kier alpha value is 0.0800. The van der Waals surface area contributed by atoms with Gasteiger partial charge in [-0.3, -0.25) is 0 Å². The number of alkyl halides is 1. The molecule has 0 saturated heterocycles. The highest BCUT2D eigenvalue weighted by molar-refractivity contribution is 9.09. The van der Waals surface area contributed by atoms with Crippen molar-refractivity contribution in [3.63, 3.8) is 0 Å². The van der Waals surface area contributed by atoms with E-state index in [1.165, 1.54) is 32.1 Å². The van der Waals surface area contributed by atoms with Crippen molar-refractivity contribution in [2.45, 2.75) is 45.4 Å². The highest BCUT2D eigenvalue weighted by atomic mass is 79.9. The smallest absolute Gasteiger partial charge is 0.0701 e. The summed E-state index contributed by atoms with van der Waals surface area (Å²) in [6.07, 6.45) is 7.70. The summed E-state index contributed by atoms with van der Waals surface area (Å²) in [6.45, 7) is 13.9. The van der Waals surface area contributed by atoms with Crippen LogP contribution in [0.4, 0.5) is 0 Å². The minimum atomic E-state index is 0.531. The van der Waals surface area contributed by atoms with Gasteiger partial charge in [0.2, 0.25) is 0 Å². The zero-order valence-electron chi connectivity index (χ0n) is 24.6. The minimum Gasteiger partial charge on any atom is -0.379 e. The third-order valence-electron chi connectivity index (χ3n) is 5.21. The molecule has 0 aliphatic carbocycles. The van der Waals surface area contributed by atoms with Crippen LogP contribution in [0, 0.1) is 0 Å². The molecule has 0 spiro atoms. The molecule has 0 bridgehead atoms. The van der Waals surface area contributed by atoms with Crippen LogP contribution in [0.1, 0.15) is 45.4 Å². The monoisotopic (exact) mass is 632 g/mol. The van der Waals surface area contributed by atoms with Gasteiger partial charge in [-0.2, -0.15) is 0 Å². The van der Waals surface area contributed by atoms with Crippen molar-refractivity contribution in [1.29, 1.82) is 0 Å². The largest absolute Gasteiger partial charge is 0.379 e. The molecule has 0 heterocycles. The van der Waals surface area contributed by atoms with E-state index in [-0.39, 0.29) is 0 Å². The van der Waals surface area contributed by atoms with Crippen molar-refractivity contribution < 1.29 is 47.4 Å². The molecule has 0 rings (SSSR count). The average molecular weight is 634 g/mol. The second-order valence-corrected chi connectivity index (χ2v) is 9.37. The molecule has 0 N–H and O–H groups in total. The first-order valence-corrected chi connectivity index (χ1v) is 15.9. The number of hydrogen-bond acceptors (Lipinski definition) is 10. The lowest BCUT2D eigenvalue weighted by Crippen LogP contribution is -2.15. The van der Waals surface area contributed by atoms with Crippen LogP contribution < -0.4 is 0 Å². The normalized spacial score (nSPS) is 11.5. The minimum absolute atomic E-state index is 0.531. The number of rotatable bonds is 36. The molecule has 0 fully saturated rings. The lowest BCUT2D eigenvalue weighted by molar-refractivity contribution is -0.0262. The van der Waals surface area contributed by atoms with Crippen molar-refractivity contribution in [3.05, 3.63) is 0 Å². The van der Waals surface area contributed by atoms with Crippen molar-refractivity contribution in [2.75, 3.05) is 137 Å². The van der Waals surface area contributed by atoms with Crippen molar-refractivity contribution >= 4 is 15.9 Å². The van der Waals surface area contributed by atoms with Gasteiger partial charge in [-0.15, -0.1) is 0 Å². The Kier molecular flexibility index (Phi) is 38.2. The zero-order chi connectivity index (χ0) is 28.2. The first kappa shape index (κ1) is 39.1. The van der Waals surface area contributed by atoms with E-state index in [0.29, 0.717) is 126 Å². The summed E-state index contributed by atoms with van der Waals surface area (Å²) in [7, 11) is 0. The molecule has 0 radical (unpaired) electrons. The van der Waals surface area contributed by atoms with E-state index in [4.69, 9.17) is 47.4 Å². The van der Waals surface area contributed by atoms with Crippen LogP contribution in [0.25, 0.3) is 0 Å². The van der Waals surface area contributed by atoms with Crippen LogP contribution in [0.3, 0.4) is 0 Å². The average Bonchev–Trinajstić information content (AvgIpc) is 2.95. The fraction of sp³-hybridized carbons (Fsp3) is 1.00. The topological polar surface area (TPSA) is 92.3 Å². The van der Waals surface area contributed by atoms with E-state index in [1.54, 1.807) is 0 Å².